The van der Waals surface area contributed by atoms with Crippen molar-refractivity contribution in [2.24, 2.45) is 0 Å². The number of thiazole rings is 1. The Balaban J connectivity index is 1.50. The highest BCUT2D eigenvalue weighted by Gasteiger charge is 2.18. The molecular weight excluding hydrogens is 504 g/mol. The molecule has 2 aromatic carbocycles. The molecule has 3 rings (SSSR count). The molecule has 0 spiro atoms. The van der Waals surface area contributed by atoms with Crippen molar-refractivity contribution in [1.82, 2.24) is 4.98 Å². The van der Waals surface area contributed by atoms with Crippen molar-refractivity contribution in [3.8, 4) is 17.2 Å². The van der Waals surface area contributed by atoms with E-state index in [9.17, 15) is 14.4 Å². The summed E-state index contributed by atoms with van der Waals surface area (Å²) in [5.74, 6) is 1.21. The molecule has 36 heavy (non-hydrogen) atoms. The molecule has 0 aliphatic rings. The molecule has 3 aromatic rings. The minimum Gasteiger partial charge on any atom is -0.493 e. The van der Waals surface area contributed by atoms with Crippen molar-refractivity contribution >= 4 is 57.3 Å². The lowest BCUT2D eigenvalue weighted by Crippen LogP contribution is -2.14. The minimum atomic E-state index is -0.369. The molecule has 0 fully saturated rings. The summed E-state index contributed by atoms with van der Waals surface area (Å²) in [4.78, 5) is 40.5. The predicted octanol–water partition coefficient (Wildman–Crippen LogP) is 4.25. The Hall–Kier alpha value is -3.77. The van der Waals surface area contributed by atoms with Gasteiger partial charge in [-0.3, -0.25) is 19.7 Å². The molecule has 0 unspecified atom stereocenters. The van der Waals surface area contributed by atoms with Crippen LogP contribution < -0.4 is 30.2 Å². The molecule has 10 nitrogen and oxygen atoms in total. The highest BCUT2D eigenvalue weighted by atomic mass is 32.2. The van der Waals surface area contributed by atoms with E-state index in [0.717, 1.165) is 5.69 Å². The van der Waals surface area contributed by atoms with Crippen LogP contribution in [0.25, 0.3) is 0 Å². The Kier molecular flexibility index (Phi) is 9.53. The first-order valence-corrected chi connectivity index (χ1v) is 12.7. The Morgan fingerprint density at radius 1 is 0.917 bits per heavy atom. The van der Waals surface area contributed by atoms with Crippen LogP contribution in [0.3, 0.4) is 0 Å². The number of anilines is 3. The summed E-state index contributed by atoms with van der Waals surface area (Å²) in [7, 11) is 4.45. The number of benzene rings is 2. The topological polar surface area (TPSA) is 128 Å². The molecule has 12 heteroatoms. The number of hydrogen-bond acceptors (Lipinski definition) is 9. The third-order valence-electron chi connectivity index (χ3n) is 4.67. The first-order valence-electron chi connectivity index (χ1n) is 10.6. The van der Waals surface area contributed by atoms with Gasteiger partial charge in [-0.1, -0.05) is 0 Å². The number of hydrogen-bond donors (Lipinski definition) is 3. The van der Waals surface area contributed by atoms with Gasteiger partial charge in [-0.25, -0.2) is 4.98 Å². The lowest BCUT2D eigenvalue weighted by atomic mass is 10.1. The van der Waals surface area contributed by atoms with Gasteiger partial charge in [0.15, 0.2) is 16.6 Å². The average Bonchev–Trinajstić information content (AvgIpc) is 3.30. The first kappa shape index (κ1) is 26.8. The largest absolute Gasteiger partial charge is 0.493 e. The van der Waals surface area contributed by atoms with E-state index in [4.69, 9.17) is 14.2 Å². The molecule has 3 amide bonds. The number of nitrogens with one attached hydrogen (secondary N) is 3. The predicted molar refractivity (Wildman–Crippen MR) is 142 cm³/mol. The molecular formula is C24H26N4O6S2. The molecule has 190 valence electrons. The van der Waals surface area contributed by atoms with E-state index in [1.54, 1.807) is 36.4 Å². The smallest absolute Gasteiger partial charge is 0.257 e. The zero-order valence-corrected chi connectivity index (χ0v) is 21.8. The normalized spacial score (nSPS) is 10.3. The molecule has 0 aliphatic carbocycles. The second kappa shape index (κ2) is 12.8. The van der Waals surface area contributed by atoms with Gasteiger partial charge >= 0.3 is 0 Å². The van der Waals surface area contributed by atoms with Crippen LogP contribution in [0.5, 0.6) is 17.2 Å². The van der Waals surface area contributed by atoms with E-state index in [1.165, 1.54) is 51.4 Å². The summed E-state index contributed by atoms with van der Waals surface area (Å²) in [5, 5.41) is 10.5. The van der Waals surface area contributed by atoms with Crippen molar-refractivity contribution < 1.29 is 28.6 Å². The van der Waals surface area contributed by atoms with Gasteiger partial charge < -0.3 is 24.8 Å². The Labute approximate surface area is 216 Å². The Morgan fingerprint density at radius 3 is 2.08 bits per heavy atom. The number of rotatable bonds is 11. The highest BCUT2D eigenvalue weighted by molar-refractivity contribution is 7.99. The molecule has 1 aromatic heterocycles. The molecule has 0 aliphatic heterocycles. The van der Waals surface area contributed by atoms with Crippen molar-refractivity contribution in [3.63, 3.8) is 0 Å². The zero-order valence-electron chi connectivity index (χ0n) is 20.2. The van der Waals surface area contributed by atoms with E-state index in [2.05, 4.69) is 20.9 Å². The standard InChI is InChI=1S/C24H26N4O6S2/c1-14(29)25-16-5-7-17(8-6-16)26-21(30)13-35-11-18-12-36-24(27-18)28-23(31)15-9-19(32-2)22(34-4)20(10-15)33-3/h5-10,12H,11,13H2,1-4H3,(H,25,29)(H,26,30)(H,27,28,31). The number of methoxy groups -OCH3 is 3. The monoisotopic (exact) mass is 530 g/mol. The molecule has 0 saturated heterocycles. The number of amides is 3. The maximum Gasteiger partial charge on any atom is 0.257 e. The van der Waals surface area contributed by atoms with Crippen LogP contribution in [0.4, 0.5) is 16.5 Å². The van der Waals surface area contributed by atoms with Gasteiger partial charge in [0, 0.05) is 35.0 Å². The maximum absolute atomic E-state index is 12.7. The fourth-order valence-electron chi connectivity index (χ4n) is 3.10. The van der Waals surface area contributed by atoms with Gasteiger partial charge in [0.1, 0.15) is 0 Å². The third kappa shape index (κ3) is 7.36. The number of thioether (sulfide) groups is 1. The number of carbonyl (C=O) groups excluding carboxylic acids is 3. The molecule has 0 bridgehead atoms. The summed E-state index contributed by atoms with van der Waals surface area (Å²) < 4.78 is 15.9. The van der Waals surface area contributed by atoms with Gasteiger partial charge in [0.05, 0.1) is 32.8 Å². The van der Waals surface area contributed by atoms with Crippen molar-refractivity contribution in [1.29, 1.82) is 0 Å². The second-order valence-electron chi connectivity index (χ2n) is 7.31. The van der Waals surface area contributed by atoms with Gasteiger partial charge in [0.25, 0.3) is 5.91 Å². The SMILES string of the molecule is COc1cc(C(=O)Nc2nc(CSCC(=O)Nc3ccc(NC(C)=O)cc3)cs2)cc(OC)c1OC. The number of carbonyl (C=O) groups is 3. The van der Waals surface area contributed by atoms with Crippen LogP contribution in [0, 0.1) is 0 Å². The van der Waals surface area contributed by atoms with Gasteiger partial charge in [-0.05, 0) is 36.4 Å². The maximum atomic E-state index is 12.7. The fraction of sp³-hybridized carbons (Fsp3) is 0.250. The third-order valence-corrected chi connectivity index (χ3v) is 6.44. The molecule has 3 N–H and O–H groups in total. The summed E-state index contributed by atoms with van der Waals surface area (Å²) in [5.41, 5.74) is 2.38. The first-order chi connectivity index (χ1) is 17.3. The van der Waals surface area contributed by atoms with Crippen LogP contribution in [0.15, 0.2) is 41.8 Å². The summed E-state index contributed by atoms with van der Waals surface area (Å²) in [6.07, 6.45) is 0. The fourth-order valence-corrected chi connectivity index (χ4v) is 4.63. The Morgan fingerprint density at radius 2 is 1.53 bits per heavy atom. The van der Waals surface area contributed by atoms with Crippen LogP contribution in [0.2, 0.25) is 0 Å². The quantitative estimate of drug-likeness (QED) is 0.336. The number of ether oxygens (including phenoxy) is 3. The van der Waals surface area contributed by atoms with Crippen molar-refractivity contribution in [3.05, 3.63) is 53.0 Å². The number of aromatic nitrogens is 1. The van der Waals surface area contributed by atoms with Crippen LogP contribution >= 0.6 is 23.1 Å². The average molecular weight is 531 g/mol. The van der Waals surface area contributed by atoms with E-state index in [0.29, 0.717) is 45.1 Å². The van der Waals surface area contributed by atoms with Crippen molar-refractivity contribution in [2.75, 3.05) is 43.0 Å². The minimum absolute atomic E-state index is 0.154. The van der Waals surface area contributed by atoms with Crippen LogP contribution in [-0.2, 0) is 15.3 Å². The van der Waals surface area contributed by atoms with Crippen LogP contribution in [0.1, 0.15) is 23.0 Å². The Bertz CT molecular complexity index is 1200. The summed E-state index contributed by atoms with van der Waals surface area (Å²) in [6, 6.07) is 10.00. The van der Waals surface area contributed by atoms with E-state index < -0.39 is 0 Å². The highest BCUT2D eigenvalue weighted by Crippen LogP contribution is 2.38. The van der Waals surface area contributed by atoms with E-state index >= 15 is 0 Å². The molecule has 0 atom stereocenters. The lowest BCUT2D eigenvalue weighted by Gasteiger charge is -2.13. The molecule has 0 saturated carbocycles. The van der Waals surface area contributed by atoms with Gasteiger partial charge in [0.2, 0.25) is 17.6 Å². The molecule has 0 radical (unpaired) electrons. The van der Waals surface area contributed by atoms with E-state index in [1.807, 2.05) is 5.38 Å². The molecule has 1 heterocycles. The number of nitrogens with zero attached hydrogens (tertiary/aromatic N) is 1. The summed E-state index contributed by atoms with van der Waals surface area (Å²) in [6.45, 7) is 1.43. The van der Waals surface area contributed by atoms with Crippen LogP contribution in [-0.4, -0.2) is 49.8 Å². The van der Waals surface area contributed by atoms with E-state index in [-0.39, 0.29) is 23.5 Å². The van der Waals surface area contributed by atoms with Gasteiger partial charge in [-0.15, -0.1) is 23.1 Å². The lowest BCUT2D eigenvalue weighted by molar-refractivity contribution is -0.114. The van der Waals surface area contributed by atoms with Gasteiger partial charge in [-0.2, -0.15) is 0 Å². The zero-order chi connectivity index (χ0) is 26.1. The van der Waals surface area contributed by atoms with Crippen molar-refractivity contribution in [2.45, 2.75) is 12.7 Å². The second-order valence-corrected chi connectivity index (χ2v) is 9.16. The summed E-state index contributed by atoms with van der Waals surface area (Å²) >= 11 is 2.70.